The third-order valence-electron chi connectivity index (χ3n) is 6.61. The van der Waals surface area contributed by atoms with Crippen LogP contribution in [-0.2, 0) is 13.2 Å². The number of hydrogen-bond donors (Lipinski definition) is 2. The second kappa shape index (κ2) is 12.3. The first-order valence-electron chi connectivity index (χ1n) is 12.2. The molecule has 3 aromatic rings. The van der Waals surface area contributed by atoms with E-state index >= 15 is 0 Å². The zero-order chi connectivity index (χ0) is 24.5. The maximum atomic E-state index is 12.5. The van der Waals surface area contributed by atoms with E-state index in [4.69, 9.17) is 9.47 Å². The van der Waals surface area contributed by atoms with E-state index in [0.29, 0.717) is 30.4 Å². The van der Waals surface area contributed by atoms with E-state index < -0.39 is 0 Å². The lowest BCUT2D eigenvalue weighted by atomic mass is 9.93. The number of likely N-dealkylation sites (tertiary alicyclic amines) is 1. The zero-order valence-corrected chi connectivity index (χ0v) is 20.3. The van der Waals surface area contributed by atoms with Crippen LogP contribution in [0.4, 0.5) is 0 Å². The van der Waals surface area contributed by atoms with Crippen LogP contribution >= 0.6 is 0 Å². The van der Waals surface area contributed by atoms with Gasteiger partial charge in [-0.2, -0.15) is 0 Å². The minimum Gasteiger partial charge on any atom is -0.504 e. The molecule has 1 amide bonds. The number of benzene rings is 3. The lowest BCUT2D eigenvalue weighted by molar-refractivity contribution is 0.0947. The van der Waals surface area contributed by atoms with Gasteiger partial charge in [0.15, 0.2) is 11.5 Å². The third-order valence-corrected chi connectivity index (χ3v) is 6.61. The predicted octanol–water partition coefficient (Wildman–Crippen LogP) is 5.01. The number of hydrogen-bond acceptors (Lipinski definition) is 5. The summed E-state index contributed by atoms with van der Waals surface area (Å²) < 4.78 is 11.0. The highest BCUT2D eigenvalue weighted by atomic mass is 16.5. The van der Waals surface area contributed by atoms with Gasteiger partial charge in [0.1, 0.15) is 12.4 Å². The number of piperidine rings is 1. The lowest BCUT2D eigenvalue weighted by Gasteiger charge is -2.32. The van der Waals surface area contributed by atoms with E-state index in [9.17, 15) is 9.90 Å². The van der Waals surface area contributed by atoms with Crippen molar-refractivity contribution in [2.75, 3.05) is 26.7 Å². The summed E-state index contributed by atoms with van der Waals surface area (Å²) in [5, 5.41) is 13.4. The molecule has 1 aliphatic heterocycles. The number of nitrogens with zero attached hydrogens (tertiary/aromatic N) is 1. The predicted molar refractivity (Wildman–Crippen MR) is 137 cm³/mol. The fraction of sp³-hybridized carbons (Fsp3) is 0.345. The summed E-state index contributed by atoms with van der Waals surface area (Å²) >= 11 is 0. The minimum atomic E-state index is -0.0504. The van der Waals surface area contributed by atoms with E-state index in [2.05, 4.69) is 10.2 Å². The van der Waals surface area contributed by atoms with Gasteiger partial charge in [-0.1, -0.05) is 42.5 Å². The Morgan fingerprint density at radius 2 is 1.74 bits per heavy atom. The van der Waals surface area contributed by atoms with Crippen molar-refractivity contribution in [1.82, 2.24) is 10.2 Å². The van der Waals surface area contributed by atoms with Crippen LogP contribution in [0.5, 0.6) is 17.2 Å². The second-order valence-corrected chi connectivity index (χ2v) is 9.03. The molecule has 1 fully saturated rings. The Bertz CT molecular complexity index is 1080. The second-order valence-electron chi connectivity index (χ2n) is 9.03. The maximum absolute atomic E-state index is 12.5. The van der Waals surface area contributed by atoms with E-state index in [1.54, 1.807) is 13.2 Å². The molecule has 0 aromatic heterocycles. The molecule has 0 radical (unpaired) electrons. The standard InChI is InChI=1S/C29H34N2O4/c1-34-27-9-5-8-25(28(27)32)20-31-18-15-22(16-19-31)14-17-30-29(33)24-10-12-26(13-11-24)35-21-23-6-3-2-4-7-23/h2-13,22,32H,14-21H2,1H3,(H,30,33). The molecule has 184 valence electrons. The number of amides is 1. The summed E-state index contributed by atoms with van der Waals surface area (Å²) in [6.45, 7) is 3.87. The molecule has 0 atom stereocenters. The van der Waals surface area contributed by atoms with Crippen molar-refractivity contribution < 1.29 is 19.4 Å². The molecule has 0 spiro atoms. The van der Waals surface area contributed by atoms with E-state index in [1.165, 1.54) is 0 Å². The highest BCUT2D eigenvalue weighted by Gasteiger charge is 2.20. The lowest BCUT2D eigenvalue weighted by Crippen LogP contribution is -2.34. The Kier molecular flexibility index (Phi) is 8.63. The van der Waals surface area contributed by atoms with Gasteiger partial charge >= 0.3 is 0 Å². The van der Waals surface area contributed by atoms with Crippen LogP contribution in [0.15, 0.2) is 72.8 Å². The first-order valence-corrected chi connectivity index (χ1v) is 12.2. The number of ether oxygens (including phenoxy) is 2. The molecule has 1 saturated heterocycles. The molecule has 2 N–H and O–H groups in total. The molecule has 1 aliphatic rings. The first-order chi connectivity index (χ1) is 17.1. The van der Waals surface area contributed by atoms with Crippen LogP contribution in [0, 0.1) is 5.92 Å². The zero-order valence-electron chi connectivity index (χ0n) is 20.3. The van der Waals surface area contributed by atoms with Gasteiger partial charge in [-0.15, -0.1) is 0 Å². The number of methoxy groups -OCH3 is 1. The maximum Gasteiger partial charge on any atom is 0.251 e. The van der Waals surface area contributed by atoms with Gasteiger partial charge in [0.2, 0.25) is 0 Å². The number of nitrogens with one attached hydrogen (secondary N) is 1. The van der Waals surface area contributed by atoms with Gasteiger partial charge in [-0.05, 0) is 74.2 Å². The van der Waals surface area contributed by atoms with Gasteiger partial charge in [0.25, 0.3) is 5.91 Å². The smallest absolute Gasteiger partial charge is 0.251 e. The fourth-order valence-corrected chi connectivity index (χ4v) is 4.47. The van der Waals surface area contributed by atoms with Crippen molar-refractivity contribution in [2.24, 2.45) is 5.92 Å². The first kappa shape index (κ1) is 24.6. The molecule has 0 unspecified atom stereocenters. The number of rotatable bonds is 10. The third kappa shape index (κ3) is 6.99. The topological polar surface area (TPSA) is 71.0 Å². The normalized spacial score (nSPS) is 14.4. The minimum absolute atomic E-state index is 0.0504. The van der Waals surface area contributed by atoms with Gasteiger partial charge in [-0.25, -0.2) is 0 Å². The van der Waals surface area contributed by atoms with Crippen molar-refractivity contribution in [2.45, 2.75) is 32.4 Å². The highest BCUT2D eigenvalue weighted by molar-refractivity contribution is 5.94. The molecule has 1 heterocycles. The molecule has 4 rings (SSSR count). The van der Waals surface area contributed by atoms with Crippen LogP contribution in [-0.4, -0.2) is 42.7 Å². The van der Waals surface area contributed by atoms with Crippen molar-refractivity contribution in [3.63, 3.8) is 0 Å². The number of phenolic OH excluding ortho intramolecular Hbond substituents is 1. The molecule has 6 nitrogen and oxygen atoms in total. The van der Waals surface area contributed by atoms with Crippen LogP contribution < -0.4 is 14.8 Å². The Hall–Kier alpha value is -3.51. The van der Waals surface area contributed by atoms with E-state index in [-0.39, 0.29) is 11.7 Å². The summed E-state index contributed by atoms with van der Waals surface area (Å²) in [6, 6.07) is 22.9. The molecular weight excluding hydrogens is 440 g/mol. The summed E-state index contributed by atoms with van der Waals surface area (Å²) in [4.78, 5) is 14.9. The number of para-hydroxylation sites is 1. The molecule has 3 aromatic carbocycles. The van der Waals surface area contributed by atoms with Crippen LogP contribution in [0.1, 0.15) is 40.7 Å². The summed E-state index contributed by atoms with van der Waals surface area (Å²) in [6.07, 6.45) is 3.16. The largest absolute Gasteiger partial charge is 0.504 e. The summed E-state index contributed by atoms with van der Waals surface area (Å²) in [5.41, 5.74) is 2.65. The number of aromatic hydroxyl groups is 1. The Labute approximate surface area is 207 Å². The van der Waals surface area contributed by atoms with Crippen molar-refractivity contribution >= 4 is 5.91 Å². The molecule has 6 heteroatoms. The number of phenols is 1. The average Bonchev–Trinajstić information content (AvgIpc) is 2.90. The quantitative estimate of drug-likeness (QED) is 0.432. The van der Waals surface area contributed by atoms with E-state index in [0.717, 1.165) is 55.8 Å². The average molecular weight is 475 g/mol. The number of carbonyl (C=O) groups excluding carboxylic acids is 1. The van der Waals surface area contributed by atoms with Gasteiger partial charge in [0, 0.05) is 24.2 Å². The monoisotopic (exact) mass is 474 g/mol. The van der Waals surface area contributed by atoms with Crippen molar-refractivity contribution in [3.8, 4) is 17.2 Å². The Balaban J connectivity index is 1.15. The Morgan fingerprint density at radius 3 is 2.46 bits per heavy atom. The molecule has 0 aliphatic carbocycles. The Morgan fingerprint density at radius 1 is 1.00 bits per heavy atom. The summed E-state index contributed by atoms with van der Waals surface area (Å²) in [5.74, 6) is 2.04. The molecule has 0 saturated carbocycles. The molecular formula is C29H34N2O4. The molecule has 0 bridgehead atoms. The van der Waals surface area contributed by atoms with Gasteiger partial charge in [0.05, 0.1) is 7.11 Å². The van der Waals surface area contributed by atoms with Crippen molar-refractivity contribution in [1.29, 1.82) is 0 Å². The van der Waals surface area contributed by atoms with Gasteiger partial charge < -0.3 is 19.9 Å². The molecule has 35 heavy (non-hydrogen) atoms. The van der Waals surface area contributed by atoms with Crippen molar-refractivity contribution in [3.05, 3.63) is 89.5 Å². The van der Waals surface area contributed by atoms with Crippen LogP contribution in [0.2, 0.25) is 0 Å². The number of carbonyl (C=O) groups is 1. The fourth-order valence-electron chi connectivity index (χ4n) is 4.47. The highest BCUT2D eigenvalue weighted by Crippen LogP contribution is 2.31. The SMILES string of the molecule is COc1cccc(CN2CCC(CCNC(=O)c3ccc(OCc4ccccc4)cc3)CC2)c1O. The van der Waals surface area contributed by atoms with Crippen LogP contribution in [0.3, 0.4) is 0 Å². The van der Waals surface area contributed by atoms with E-state index in [1.807, 2.05) is 66.7 Å². The summed E-state index contributed by atoms with van der Waals surface area (Å²) in [7, 11) is 1.57. The van der Waals surface area contributed by atoms with Crippen LogP contribution in [0.25, 0.3) is 0 Å². The van der Waals surface area contributed by atoms with Gasteiger partial charge in [-0.3, -0.25) is 9.69 Å².